The van der Waals surface area contributed by atoms with Gasteiger partial charge in [0, 0.05) is 27.2 Å². The van der Waals surface area contributed by atoms with Crippen molar-refractivity contribution in [2.24, 2.45) is 5.92 Å². The molecule has 3 fully saturated rings. The van der Waals surface area contributed by atoms with E-state index in [-0.39, 0.29) is 17.2 Å². The first kappa shape index (κ1) is 12.9. The normalized spacial score (nSPS) is 29.7. The zero-order chi connectivity index (χ0) is 14.7. The molecule has 0 N–H and O–H groups in total. The summed E-state index contributed by atoms with van der Waals surface area (Å²) in [5.74, 6) is 1.51. The summed E-state index contributed by atoms with van der Waals surface area (Å²) in [6.07, 6.45) is 5.47. The Morgan fingerprint density at radius 1 is 1.32 bits per heavy atom. The average Bonchev–Trinajstić information content (AvgIpc) is 3.28. The summed E-state index contributed by atoms with van der Waals surface area (Å²) in [7, 11) is 0. The molecule has 0 spiro atoms. The Hall–Kier alpha value is -1.60. The van der Waals surface area contributed by atoms with E-state index in [1.165, 1.54) is 34.4 Å². The number of rotatable bonds is 3. The van der Waals surface area contributed by atoms with Gasteiger partial charge >= 0.3 is 0 Å². The van der Waals surface area contributed by atoms with E-state index in [4.69, 9.17) is 4.42 Å². The minimum atomic E-state index is -0.297. The fourth-order valence-electron chi connectivity index (χ4n) is 4.15. The summed E-state index contributed by atoms with van der Waals surface area (Å²) >= 11 is 3.00. The predicted molar refractivity (Wildman–Crippen MR) is 81.4 cm³/mol. The second-order valence-corrected chi connectivity index (χ2v) is 7.71. The Morgan fingerprint density at radius 3 is 3.00 bits per heavy atom. The number of fused-ring (bicyclic) bond motifs is 1. The standard InChI is InChI=1S/C15H12FN3OS2/c16-10-6-21-5-9(10)13-18-19-14(20-13)12-8-1-2-15(12,3-8)11-4-17-7-22-11/h4-8,12H,1-3H2. The van der Waals surface area contributed by atoms with Crippen LogP contribution in [0, 0.1) is 11.7 Å². The molecule has 3 aliphatic carbocycles. The molecule has 3 saturated carbocycles. The fourth-order valence-corrected chi connectivity index (χ4v) is 5.72. The highest BCUT2D eigenvalue weighted by atomic mass is 32.1. The number of hydrogen-bond donors (Lipinski definition) is 0. The monoisotopic (exact) mass is 333 g/mol. The van der Waals surface area contributed by atoms with Crippen LogP contribution in [-0.2, 0) is 5.41 Å². The van der Waals surface area contributed by atoms with Gasteiger partial charge in [0.15, 0.2) is 0 Å². The second-order valence-electron chi connectivity index (χ2n) is 6.08. The van der Waals surface area contributed by atoms with Crippen molar-refractivity contribution in [3.8, 4) is 11.5 Å². The first-order valence-electron chi connectivity index (χ1n) is 7.22. The SMILES string of the molecule is Fc1cscc1-c1nnc(C2C3CCC2(c2cncs2)C3)o1. The van der Waals surface area contributed by atoms with E-state index in [2.05, 4.69) is 15.2 Å². The van der Waals surface area contributed by atoms with E-state index in [0.29, 0.717) is 23.3 Å². The molecule has 0 aromatic carbocycles. The molecule has 3 atom stereocenters. The molecule has 3 unspecified atom stereocenters. The number of nitrogens with zero attached hydrogens (tertiary/aromatic N) is 3. The second kappa shape index (κ2) is 4.45. The van der Waals surface area contributed by atoms with Crippen LogP contribution in [0.15, 0.2) is 26.9 Å². The number of aromatic nitrogens is 3. The molecule has 7 heteroatoms. The molecular formula is C15H12FN3OS2. The van der Waals surface area contributed by atoms with Gasteiger partial charge in [-0.1, -0.05) is 0 Å². The van der Waals surface area contributed by atoms with Gasteiger partial charge in [-0.2, -0.15) is 0 Å². The van der Waals surface area contributed by atoms with Crippen molar-refractivity contribution >= 4 is 22.7 Å². The van der Waals surface area contributed by atoms with Gasteiger partial charge in [0.1, 0.15) is 5.82 Å². The smallest absolute Gasteiger partial charge is 0.251 e. The van der Waals surface area contributed by atoms with Crippen molar-refractivity contribution in [3.63, 3.8) is 0 Å². The predicted octanol–water partition coefficient (Wildman–Crippen LogP) is 4.23. The van der Waals surface area contributed by atoms with Gasteiger partial charge in [0.25, 0.3) is 5.89 Å². The number of hydrogen-bond acceptors (Lipinski definition) is 6. The van der Waals surface area contributed by atoms with Crippen LogP contribution in [0.1, 0.15) is 35.9 Å². The first-order chi connectivity index (χ1) is 10.8. The van der Waals surface area contributed by atoms with Crippen molar-refractivity contribution in [2.75, 3.05) is 0 Å². The van der Waals surface area contributed by atoms with Crippen LogP contribution in [0.2, 0.25) is 0 Å². The zero-order valence-corrected chi connectivity index (χ0v) is 13.2. The Kier molecular flexibility index (Phi) is 2.61. The van der Waals surface area contributed by atoms with E-state index in [1.54, 1.807) is 16.7 Å². The molecule has 0 amide bonds. The average molecular weight is 333 g/mol. The first-order valence-corrected chi connectivity index (χ1v) is 9.04. The summed E-state index contributed by atoms with van der Waals surface area (Å²) in [4.78, 5) is 5.54. The molecule has 0 aliphatic heterocycles. The highest BCUT2D eigenvalue weighted by Crippen LogP contribution is 2.68. The molecule has 3 aliphatic rings. The molecule has 6 rings (SSSR count). The number of halogens is 1. The molecule has 3 aromatic rings. The lowest BCUT2D eigenvalue weighted by molar-refractivity contribution is 0.158. The third kappa shape index (κ3) is 1.58. The molecule has 22 heavy (non-hydrogen) atoms. The molecule has 4 nitrogen and oxygen atoms in total. The highest BCUT2D eigenvalue weighted by Gasteiger charge is 2.63. The Labute approximate surface area is 134 Å². The third-order valence-electron chi connectivity index (χ3n) is 5.13. The van der Waals surface area contributed by atoms with Gasteiger partial charge in [-0.25, -0.2) is 4.39 Å². The summed E-state index contributed by atoms with van der Waals surface area (Å²) in [5, 5.41) is 11.5. The largest absolute Gasteiger partial charge is 0.420 e. The summed E-state index contributed by atoms with van der Waals surface area (Å²) in [6, 6.07) is 0. The summed E-state index contributed by atoms with van der Waals surface area (Å²) < 4.78 is 19.5. The lowest BCUT2D eigenvalue weighted by Crippen LogP contribution is -2.41. The fraction of sp³-hybridized carbons (Fsp3) is 0.400. The van der Waals surface area contributed by atoms with Gasteiger partial charge < -0.3 is 4.42 Å². The molecule has 2 bridgehead atoms. The van der Waals surface area contributed by atoms with Gasteiger partial charge in [-0.15, -0.1) is 32.9 Å². The van der Waals surface area contributed by atoms with E-state index in [1.807, 2.05) is 11.7 Å². The Balaban J connectivity index is 1.54. The Bertz CT molecular complexity index is 824. The van der Waals surface area contributed by atoms with Crippen molar-refractivity contribution < 1.29 is 8.81 Å². The van der Waals surface area contributed by atoms with E-state index in [0.717, 1.165) is 6.42 Å². The van der Waals surface area contributed by atoms with E-state index < -0.39 is 0 Å². The van der Waals surface area contributed by atoms with Crippen molar-refractivity contribution in [2.45, 2.75) is 30.6 Å². The van der Waals surface area contributed by atoms with Gasteiger partial charge in [-0.05, 0) is 25.2 Å². The van der Waals surface area contributed by atoms with Crippen molar-refractivity contribution in [1.82, 2.24) is 15.2 Å². The number of thiophene rings is 1. The van der Waals surface area contributed by atoms with Gasteiger partial charge in [0.2, 0.25) is 5.89 Å². The van der Waals surface area contributed by atoms with Crippen molar-refractivity contribution in [1.29, 1.82) is 0 Å². The third-order valence-corrected chi connectivity index (χ3v) is 6.84. The van der Waals surface area contributed by atoms with Crippen LogP contribution in [0.4, 0.5) is 4.39 Å². The zero-order valence-electron chi connectivity index (χ0n) is 11.5. The van der Waals surface area contributed by atoms with Crippen LogP contribution < -0.4 is 0 Å². The van der Waals surface area contributed by atoms with Crippen LogP contribution in [0.25, 0.3) is 11.5 Å². The molecule has 3 heterocycles. The highest BCUT2D eigenvalue weighted by molar-refractivity contribution is 7.09. The maximum absolute atomic E-state index is 13.7. The van der Waals surface area contributed by atoms with Crippen LogP contribution in [-0.4, -0.2) is 15.2 Å². The van der Waals surface area contributed by atoms with Crippen LogP contribution in [0.3, 0.4) is 0 Å². The molecule has 112 valence electrons. The minimum absolute atomic E-state index is 0.114. The molecule has 0 radical (unpaired) electrons. The maximum atomic E-state index is 13.7. The minimum Gasteiger partial charge on any atom is -0.420 e. The lowest BCUT2D eigenvalue weighted by Gasteiger charge is -2.44. The van der Waals surface area contributed by atoms with Crippen molar-refractivity contribution in [3.05, 3.63) is 39.1 Å². The topological polar surface area (TPSA) is 51.8 Å². The summed E-state index contributed by atoms with van der Waals surface area (Å²) in [6.45, 7) is 0. The van der Waals surface area contributed by atoms with Gasteiger partial charge in [0.05, 0.1) is 17.0 Å². The molecule has 0 saturated heterocycles. The van der Waals surface area contributed by atoms with Gasteiger partial charge in [-0.3, -0.25) is 4.98 Å². The maximum Gasteiger partial charge on any atom is 0.251 e. The molecule has 3 aromatic heterocycles. The van der Waals surface area contributed by atoms with E-state index in [9.17, 15) is 4.39 Å². The van der Waals surface area contributed by atoms with Crippen LogP contribution >= 0.6 is 22.7 Å². The summed E-state index contributed by atoms with van der Waals surface area (Å²) in [5.41, 5.74) is 2.40. The van der Waals surface area contributed by atoms with Crippen LogP contribution in [0.5, 0.6) is 0 Å². The number of thiazole rings is 1. The lowest BCUT2D eigenvalue weighted by atomic mass is 9.59. The quantitative estimate of drug-likeness (QED) is 0.720. The Morgan fingerprint density at radius 2 is 2.27 bits per heavy atom. The molecular weight excluding hydrogens is 321 g/mol. The van der Waals surface area contributed by atoms with E-state index >= 15 is 0 Å².